The number of hydrogen-bond acceptors (Lipinski definition) is 7. The Morgan fingerprint density at radius 3 is 2.93 bits per heavy atom. The van der Waals surface area contributed by atoms with E-state index in [0.29, 0.717) is 48.2 Å². The number of nitrogens with one attached hydrogen (secondary N) is 2. The minimum atomic E-state index is 0.00193. The van der Waals surface area contributed by atoms with Crippen LogP contribution in [0.15, 0.2) is 24.4 Å². The Hall–Kier alpha value is -3.16. The molecule has 8 heteroatoms. The predicted octanol–water partition coefficient (Wildman–Crippen LogP) is 3.39. The van der Waals surface area contributed by atoms with Crippen molar-refractivity contribution < 1.29 is 9.53 Å². The van der Waals surface area contributed by atoms with E-state index in [1.807, 2.05) is 25.2 Å². The third kappa shape index (κ3) is 3.18. The van der Waals surface area contributed by atoms with E-state index in [1.54, 1.807) is 10.7 Å². The first-order chi connectivity index (χ1) is 13.1. The summed E-state index contributed by atoms with van der Waals surface area (Å²) in [6.45, 7) is 4.65. The summed E-state index contributed by atoms with van der Waals surface area (Å²) in [6, 6.07) is 5.72. The quantitative estimate of drug-likeness (QED) is 0.718. The number of carbonyl (C=O) groups is 1. The number of Topliss-reactive ketones (excluding diaryl/α,β-unsaturated/α-hetero) is 1. The number of ether oxygens (including phenoxy) is 1. The van der Waals surface area contributed by atoms with Crippen LogP contribution in [0.2, 0.25) is 0 Å². The molecule has 3 aromatic rings. The third-order valence-corrected chi connectivity index (χ3v) is 4.60. The van der Waals surface area contributed by atoms with Crippen LogP contribution < -0.4 is 15.4 Å². The number of hydrogen-bond donors (Lipinski definition) is 2. The summed E-state index contributed by atoms with van der Waals surface area (Å²) in [5.74, 6) is 2.84. The van der Waals surface area contributed by atoms with Gasteiger partial charge in [-0.3, -0.25) is 4.79 Å². The van der Waals surface area contributed by atoms with Crippen LogP contribution in [0.3, 0.4) is 0 Å². The average Bonchev–Trinajstić information content (AvgIpc) is 3.07. The van der Waals surface area contributed by atoms with Crippen LogP contribution in [-0.2, 0) is 0 Å². The highest BCUT2D eigenvalue weighted by molar-refractivity contribution is 6.01. The minimum Gasteiger partial charge on any atom is -0.478 e. The lowest BCUT2D eigenvalue weighted by molar-refractivity contribution is 0.0974. The van der Waals surface area contributed by atoms with Crippen LogP contribution in [-0.4, -0.2) is 39.0 Å². The summed E-state index contributed by atoms with van der Waals surface area (Å²) in [5, 5.41) is 10.7. The lowest BCUT2D eigenvalue weighted by atomic mass is 10.0. The van der Waals surface area contributed by atoms with Crippen LogP contribution >= 0.6 is 0 Å². The second kappa shape index (κ2) is 6.86. The van der Waals surface area contributed by atoms with Crippen molar-refractivity contribution in [2.24, 2.45) is 0 Å². The summed E-state index contributed by atoms with van der Waals surface area (Å²) < 4.78 is 7.39. The number of pyridine rings is 1. The molecule has 0 amide bonds. The van der Waals surface area contributed by atoms with Gasteiger partial charge in [0.2, 0.25) is 5.88 Å². The van der Waals surface area contributed by atoms with Gasteiger partial charge in [0.05, 0.1) is 18.4 Å². The van der Waals surface area contributed by atoms with E-state index in [4.69, 9.17) is 4.74 Å². The number of fused-ring (bicyclic) bond motifs is 3. The molecule has 0 aliphatic carbocycles. The molecule has 0 aromatic carbocycles. The third-order valence-electron chi connectivity index (χ3n) is 4.60. The first-order valence-electron chi connectivity index (χ1n) is 9.07. The maximum absolute atomic E-state index is 12.6. The van der Waals surface area contributed by atoms with Gasteiger partial charge in [-0.05, 0) is 24.0 Å². The Morgan fingerprint density at radius 2 is 2.15 bits per heavy atom. The van der Waals surface area contributed by atoms with Crippen molar-refractivity contribution in [1.82, 2.24) is 19.6 Å². The zero-order valence-electron chi connectivity index (χ0n) is 15.6. The lowest BCUT2D eigenvalue weighted by Gasteiger charge is -2.15. The Balaban J connectivity index is 1.90. The van der Waals surface area contributed by atoms with E-state index < -0.39 is 0 Å². The number of rotatable bonds is 2. The molecular weight excluding hydrogens is 344 g/mol. The van der Waals surface area contributed by atoms with E-state index >= 15 is 0 Å². The van der Waals surface area contributed by atoms with Crippen molar-refractivity contribution in [2.75, 3.05) is 24.3 Å². The zero-order chi connectivity index (χ0) is 19.0. The normalized spacial score (nSPS) is 14.3. The highest BCUT2D eigenvalue weighted by Gasteiger charge is 2.19. The van der Waals surface area contributed by atoms with Crippen molar-refractivity contribution >= 4 is 28.9 Å². The summed E-state index contributed by atoms with van der Waals surface area (Å²) in [6.07, 6.45) is 2.55. The number of ketones is 1. The van der Waals surface area contributed by atoms with Crippen LogP contribution in [0, 0.1) is 0 Å². The average molecular weight is 366 g/mol. The van der Waals surface area contributed by atoms with Gasteiger partial charge in [-0.1, -0.05) is 13.8 Å². The molecule has 0 radical (unpaired) electrons. The van der Waals surface area contributed by atoms with E-state index in [2.05, 4.69) is 39.5 Å². The highest BCUT2D eigenvalue weighted by atomic mass is 16.5. The standard InChI is InChI=1S/C19H22N6O2/c1-11(2)12-6-7-17-24-18(12)22-15-9-16(20-3)25-19(23-15)13(10-21-25)14(26)5-4-8-27-17/h6-7,9-11,20H,4-5,8H2,1-3H3,(H,22,23,24). The number of carbonyl (C=O) groups excluding carboxylic acids is 1. The number of anilines is 3. The molecule has 0 unspecified atom stereocenters. The first kappa shape index (κ1) is 17.3. The monoisotopic (exact) mass is 366 g/mol. The molecule has 4 heterocycles. The van der Waals surface area contributed by atoms with Crippen molar-refractivity contribution in [3.63, 3.8) is 0 Å². The maximum atomic E-state index is 12.6. The van der Waals surface area contributed by atoms with Gasteiger partial charge in [0.25, 0.3) is 0 Å². The zero-order valence-corrected chi connectivity index (χ0v) is 15.6. The molecule has 0 fully saturated rings. The van der Waals surface area contributed by atoms with Crippen molar-refractivity contribution in [2.45, 2.75) is 32.6 Å². The fourth-order valence-electron chi connectivity index (χ4n) is 3.17. The molecule has 0 saturated heterocycles. The predicted molar refractivity (Wildman–Crippen MR) is 103 cm³/mol. The molecular formula is C19H22N6O2. The second-order valence-corrected chi connectivity index (χ2v) is 6.81. The maximum Gasteiger partial charge on any atom is 0.215 e. The molecule has 0 atom stereocenters. The smallest absolute Gasteiger partial charge is 0.215 e. The van der Waals surface area contributed by atoms with E-state index in [9.17, 15) is 4.79 Å². The van der Waals surface area contributed by atoms with Gasteiger partial charge in [-0.15, -0.1) is 0 Å². The van der Waals surface area contributed by atoms with E-state index in [1.165, 1.54) is 0 Å². The van der Waals surface area contributed by atoms with Gasteiger partial charge < -0.3 is 15.4 Å². The Morgan fingerprint density at radius 1 is 1.30 bits per heavy atom. The van der Waals surface area contributed by atoms with Gasteiger partial charge in [0.1, 0.15) is 17.5 Å². The van der Waals surface area contributed by atoms with E-state index in [-0.39, 0.29) is 11.7 Å². The lowest BCUT2D eigenvalue weighted by Crippen LogP contribution is -2.07. The summed E-state index contributed by atoms with van der Waals surface area (Å²) in [5.41, 5.74) is 2.10. The fraction of sp³-hybridized carbons (Fsp3) is 0.368. The summed E-state index contributed by atoms with van der Waals surface area (Å²) >= 11 is 0. The van der Waals surface area contributed by atoms with Gasteiger partial charge in [0, 0.05) is 25.6 Å². The first-order valence-corrected chi connectivity index (χ1v) is 9.07. The molecule has 8 nitrogen and oxygen atoms in total. The van der Waals surface area contributed by atoms with Crippen LogP contribution in [0.25, 0.3) is 5.65 Å². The van der Waals surface area contributed by atoms with Crippen LogP contribution in [0.4, 0.5) is 17.5 Å². The molecule has 4 bridgehead atoms. The summed E-state index contributed by atoms with van der Waals surface area (Å²) in [4.78, 5) is 21.9. The molecule has 0 spiro atoms. The summed E-state index contributed by atoms with van der Waals surface area (Å²) in [7, 11) is 1.81. The molecule has 2 N–H and O–H groups in total. The van der Waals surface area contributed by atoms with E-state index in [0.717, 1.165) is 11.4 Å². The Labute approximate surface area is 157 Å². The molecule has 1 aliphatic rings. The topological polar surface area (TPSA) is 93.4 Å². The second-order valence-electron chi connectivity index (χ2n) is 6.81. The minimum absolute atomic E-state index is 0.00193. The van der Waals surface area contributed by atoms with Crippen LogP contribution in [0.5, 0.6) is 5.88 Å². The SMILES string of the molecule is CNc1cc2nc3c(cnn13)C(=O)CCCOc1ccc(C(C)C)c(n1)N2. The Kier molecular flexibility index (Phi) is 4.39. The van der Waals surface area contributed by atoms with Gasteiger partial charge in [-0.2, -0.15) is 14.6 Å². The van der Waals surface area contributed by atoms with Crippen LogP contribution in [0.1, 0.15) is 48.5 Å². The molecule has 0 saturated carbocycles. The molecule has 27 heavy (non-hydrogen) atoms. The van der Waals surface area contributed by atoms with Gasteiger partial charge in [-0.25, -0.2) is 4.98 Å². The van der Waals surface area contributed by atoms with Gasteiger partial charge >= 0.3 is 0 Å². The fourth-order valence-corrected chi connectivity index (χ4v) is 3.17. The largest absolute Gasteiger partial charge is 0.478 e. The Bertz CT molecular complexity index is 1010. The highest BCUT2D eigenvalue weighted by Crippen LogP contribution is 2.29. The number of aromatic nitrogens is 4. The molecule has 4 rings (SSSR count). The molecule has 3 aromatic heterocycles. The molecule has 140 valence electrons. The number of nitrogens with zero attached hydrogens (tertiary/aromatic N) is 4. The van der Waals surface area contributed by atoms with Crippen molar-refractivity contribution in [1.29, 1.82) is 0 Å². The van der Waals surface area contributed by atoms with Gasteiger partial charge in [0.15, 0.2) is 11.4 Å². The molecule has 1 aliphatic heterocycles. The van der Waals surface area contributed by atoms with Crippen molar-refractivity contribution in [3.05, 3.63) is 35.5 Å². The van der Waals surface area contributed by atoms with Crippen molar-refractivity contribution in [3.8, 4) is 5.88 Å².